The summed E-state index contributed by atoms with van der Waals surface area (Å²) in [5.41, 5.74) is 6.75. The Bertz CT molecular complexity index is 473. The van der Waals surface area contributed by atoms with Gasteiger partial charge in [-0.2, -0.15) is 0 Å². The van der Waals surface area contributed by atoms with E-state index in [2.05, 4.69) is 4.90 Å². The molecule has 0 spiro atoms. The molecule has 1 unspecified atom stereocenters. The van der Waals surface area contributed by atoms with Crippen LogP contribution in [0.5, 0.6) is 17.2 Å². The number of methoxy groups -OCH3 is 3. The molecule has 1 saturated heterocycles. The fourth-order valence-corrected chi connectivity index (χ4v) is 2.60. The summed E-state index contributed by atoms with van der Waals surface area (Å²) in [7, 11) is 4.87. The third-order valence-electron chi connectivity index (χ3n) is 3.67. The van der Waals surface area contributed by atoms with Crippen molar-refractivity contribution in [2.24, 2.45) is 5.73 Å². The summed E-state index contributed by atoms with van der Waals surface area (Å²) in [6, 6.07) is 3.91. The molecule has 0 aliphatic carbocycles. The molecule has 1 heterocycles. The Morgan fingerprint density at radius 1 is 1.18 bits per heavy atom. The van der Waals surface area contributed by atoms with Crippen molar-refractivity contribution >= 4 is 12.4 Å². The van der Waals surface area contributed by atoms with E-state index < -0.39 is 0 Å². The van der Waals surface area contributed by atoms with Gasteiger partial charge in [0.1, 0.15) is 0 Å². The summed E-state index contributed by atoms with van der Waals surface area (Å²) in [5.74, 6) is 2.01. The smallest absolute Gasteiger partial charge is 0.203 e. The average molecular weight is 333 g/mol. The molecule has 1 aliphatic heterocycles. The van der Waals surface area contributed by atoms with Gasteiger partial charge in [-0.25, -0.2) is 0 Å². The van der Waals surface area contributed by atoms with Crippen LogP contribution in [0.3, 0.4) is 0 Å². The van der Waals surface area contributed by atoms with Crippen LogP contribution in [-0.4, -0.2) is 58.6 Å². The molecule has 2 N–H and O–H groups in total. The van der Waals surface area contributed by atoms with Gasteiger partial charge in [-0.3, -0.25) is 4.90 Å². The molecule has 0 aromatic heterocycles. The first-order chi connectivity index (χ1) is 10.2. The van der Waals surface area contributed by atoms with Gasteiger partial charge >= 0.3 is 0 Å². The fraction of sp³-hybridized carbons (Fsp3) is 0.600. The Morgan fingerprint density at radius 3 is 2.50 bits per heavy atom. The van der Waals surface area contributed by atoms with Gasteiger partial charge in [0.05, 0.1) is 34.0 Å². The highest BCUT2D eigenvalue weighted by molar-refractivity contribution is 5.85. The molecule has 2 rings (SSSR count). The van der Waals surface area contributed by atoms with Crippen molar-refractivity contribution in [1.29, 1.82) is 0 Å². The summed E-state index contributed by atoms with van der Waals surface area (Å²) in [5, 5.41) is 0. The van der Waals surface area contributed by atoms with Gasteiger partial charge in [-0.15, -0.1) is 12.4 Å². The van der Waals surface area contributed by atoms with Crippen molar-refractivity contribution in [1.82, 2.24) is 4.90 Å². The fourth-order valence-electron chi connectivity index (χ4n) is 2.60. The maximum Gasteiger partial charge on any atom is 0.203 e. The lowest BCUT2D eigenvalue weighted by molar-refractivity contribution is -0.0262. The van der Waals surface area contributed by atoms with Crippen molar-refractivity contribution in [3.8, 4) is 17.2 Å². The molecular formula is C15H25ClN2O4. The van der Waals surface area contributed by atoms with Gasteiger partial charge in [0.25, 0.3) is 0 Å². The van der Waals surface area contributed by atoms with E-state index in [0.29, 0.717) is 30.4 Å². The maximum atomic E-state index is 5.69. The van der Waals surface area contributed by atoms with Gasteiger partial charge in [0.2, 0.25) is 5.75 Å². The number of halogens is 1. The first kappa shape index (κ1) is 18.8. The molecule has 0 bridgehead atoms. The lowest BCUT2D eigenvalue weighted by atomic mass is 10.1. The van der Waals surface area contributed by atoms with Gasteiger partial charge < -0.3 is 24.7 Å². The van der Waals surface area contributed by atoms with E-state index in [9.17, 15) is 0 Å². The highest BCUT2D eigenvalue weighted by Gasteiger charge is 2.22. The Kier molecular flexibility index (Phi) is 7.75. The van der Waals surface area contributed by atoms with Crippen LogP contribution >= 0.6 is 12.4 Å². The van der Waals surface area contributed by atoms with Gasteiger partial charge in [0, 0.05) is 31.7 Å². The second-order valence-electron chi connectivity index (χ2n) is 4.96. The molecule has 22 heavy (non-hydrogen) atoms. The van der Waals surface area contributed by atoms with Crippen molar-refractivity contribution in [3.63, 3.8) is 0 Å². The molecule has 126 valence electrons. The third-order valence-corrected chi connectivity index (χ3v) is 3.67. The molecular weight excluding hydrogens is 308 g/mol. The first-order valence-corrected chi connectivity index (χ1v) is 7.05. The lowest BCUT2D eigenvalue weighted by Crippen LogP contribution is -2.45. The van der Waals surface area contributed by atoms with Crippen molar-refractivity contribution < 1.29 is 18.9 Å². The first-order valence-electron chi connectivity index (χ1n) is 7.05. The monoisotopic (exact) mass is 332 g/mol. The Labute approximate surface area is 137 Å². The third kappa shape index (κ3) is 4.16. The number of nitrogens with two attached hydrogens (primary N) is 1. The zero-order valence-electron chi connectivity index (χ0n) is 13.3. The molecule has 6 nitrogen and oxygen atoms in total. The van der Waals surface area contributed by atoms with Crippen LogP contribution in [0.25, 0.3) is 0 Å². The van der Waals surface area contributed by atoms with E-state index in [1.54, 1.807) is 21.3 Å². The van der Waals surface area contributed by atoms with Gasteiger partial charge in [0.15, 0.2) is 11.5 Å². The van der Waals surface area contributed by atoms with E-state index >= 15 is 0 Å². The van der Waals surface area contributed by atoms with Crippen LogP contribution in [0, 0.1) is 0 Å². The standard InChI is InChI=1S/C15H24N2O4.ClH/c1-18-13-5-4-11(14(19-2)15(13)20-3)9-17-6-7-21-12(8-16)10-17;/h4-5,12H,6-10,16H2,1-3H3;1H. The minimum absolute atomic E-state index is 0. The molecule has 0 saturated carbocycles. The van der Waals surface area contributed by atoms with Crippen molar-refractivity contribution in [2.75, 3.05) is 47.6 Å². The van der Waals surface area contributed by atoms with Crippen LogP contribution < -0.4 is 19.9 Å². The number of morpholine rings is 1. The number of hydrogen-bond donors (Lipinski definition) is 1. The summed E-state index contributed by atoms with van der Waals surface area (Å²) in [6.07, 6.45) is 0.102. The van der Waals surface area contributed by atoms with E-state index in [0.717, 1.165) is 25.2 Å². The number of nitrogens with zero attached hydrogens (tertiary/aromatic N) is 1. The molecule has 1 aromatic carbocycles. The number of ether oxygens (including phenoxy) is 4. The summed E-state index contributed by atoms with van der Waals surface area (Å²) < 4.78 is 21.8. The summed E-state index contributed by atoms with van der Waals surface area (Å²) >= 11 is 0. The van der Waals surface area contributed by atoms with Crippen LogP contribution in [0.1, 0.15) is 5.56 Å². The zero-order valence-corrected chi connectivity index (χ0v) is 14.1. The van der Waals surface area contributed by atoms with E-state index in [4.69, 9.17) is 24.7 Å². The normalized spacial score (nSPS) is 18.5. The van der Waals surface area contributed by atoms with Crippen LogP contribution in [0.15, 0.2) is 12.1 Å². The summed E-state index contributed by atoms with van der Waals surface area (Å²) in [4.78, 5) is 2.31. The van der Waals surface area contributed by atoms with E-state index in [1.807, 2.05) is 12.1 Å². The molecule has 0 radical (unpaired) electrons. The van der Waals surface area contributed by atoms with Crippen LogP contribution in [0.2, 0.25) is 0 Å². The Hall–Kier alpha value is -1.21. The second-order valence-corrected chi connectivity index (χ2v) is 4.96. The highest BCUT2D eigenvalue weighted by atomic mass is 35.5. The van der Waals surface area contributed by atoms with Crippen molar-refractivity contribution in [2.45, 2.75) is 12.6 Å². The van der Waals surface area contributed by atoms with Gasteiger partial charge in [-0.05, 0) is 6.07 Å². The van der Waals surface area contributed by atoms with E-state index in [-0.39, 0.29) is 18.5 Å². The van der Waals surface area contributed by atoms with Crippen molar-refractivity contribution in [3.05, 3.63) is 17.7 Å². The molecule has 1 aromatic rings. The zero-order chi connectivity index (χ0) is 15.2. The van der Waals surface area contributed by atoms with Gasteiger partial charge in [-0.1, -0.05) is 6.07 Å². The largest absolute Gasteiger partial charge is 0.493 e. The lowest BCUT2D eigenvalue weighted by Gasteiger charge is -2.32. The second kappa shape index (κ2) is 9.05. The van der Waals surface area contributed by atoms with Crippen LogP contribution in [-0.2, 0) is 11.3 Å². The quantitative estimate of drug-likeness (QED) is 0.847. The number of rotatable bonds is 6. The Morgan fingerprint density at radius 2 is 1.91 bits per heavy atom. The molecule has 1 aliphatic rings. The summed E-state index contributed by atoms with van der Waals surface area (Å²) in [6.45, 7) is 3.72. The molecule has 1 fully saturated rings. The van der Waals surface area contributed by atoms with Crippen LogP contribution in [0.4, 0.5) is 0 Å². The topological polar surface area (TPSA) is 66.2 Å². The molecule has 0 amide bonds. The average Bonchev–Trinajstić information content (AvgIpc) is 2.54. The van der Waals surface area contributed by atoms with E-state index in [1.165, 1.54) is 0 Å². The molecule has 1 atom stereocenters. The number of hydrogen-bond acceptors (Lipinski definition) is 6. The predicted octanol–water partition coefficient (Wildman–Crippen LogP) is 1.29. The predicted molar refractivity (Wildman–Crippen MR) is 87.4 cm³/mol. The number of benzene rings is 1. The Balaban J connectivity index is 0.00000242. The maximum absolute atomic E-state index is 5.69. The highest BCUT2D eigenvalue weighted by Crippen LogP contribution is 2.40. The SMILES string of the molecule is COc1ccc(CN2CCOC(CN)C2)c(OC)c1OC.Cl. The minimum atomic E-state index is 0. The molecule has 7 heteroatoms. The minimum Gasteiger partial charge on any atom is -0.493 e.